The lowest BCUT2D eigenvalue weighted by Crippen LogP contribution is -2.02. The van der Waals surface area contributed by atoms with Crippen LogP contribution in [0.2, 0.25) is 15.1 Å². The van der Waals surface area contributed by atoms with Crippen molar-refractivity contribution in [3.05, 3.63) is 85.9 Å². The predicted molar refractivity (Wildman–Crippen MR) is 127 cm³/mol. The number of halogens is 3. The minimum absolute atomic E-state index is 0.242. The van der Waals surface area contributed by atoms with Crippen LogP contribution in [0.25, 0.3) is 0 Å². The lowest BCUT2D eigenvalue weighted by Gasteiger charge is -2.15. The first-order valence-electron chi connectivity index (χ1n) is 9.51. The van der Waals surface area contributed by atoms with Gasteiger partial charge in [-0.15, -0.1) is 0 Å². The van der Waals surface area contributed by atoms with Gasteiger partial charge in [0.15, 0.2) is 11.5 Å². The van der Waals surface area contributed by atoms with E-state index in [2.05, 4.69) is 24.9 Å². The molecule has 30 heavy (non-hydrogen) atoms. The van der Waals surface area contributed by atoms with Crippen LogP contribution >= 0.6 is 34.8 Å². The molecule has 0 radical (unpaired) electrons. The van der Waals surface area contributed by atoms with Crippen LogP contribution in [0.3, 0.4) is 0 Å². The maximum absolute atomic E-state index is 6.51. The van der Waals surface area contributed by atoms with E-state index >= 15 is 0 Å². The summed E-state index contributed by atoms with van der Waals surface area (Å²) in [7, 11) is 0. The van der Waals surface area contributed by atoms with Gasteiger partial charge < -0.3 is 9.47 Å². The highest BCUT2D eigenvalue weighted by Gasteiger charge is 2.13. The summed E-state index contributed by atoms with van der Waals surface area (Å²) in [6, 6.07) is 15.0. The van der Waals surface area contributed by atoms with Crippen molar-refractivity contribution in [3.63, 3.8) is 0 Å². The third-order valence-electron chi connectivity index (χ3n) is 4.57. The van der Waals surface area contributed by atoms with E-state index in [4.69, 9.17) is 44.3 Å². The van der Waals surface area contributed by atoms with Gasteiger partial charge in [0, 0.05) is 21.8 Å². The Kier molecular flexibility index (Phi) is 7.65. The smallest absolute Gasteiger partial charge is 0.180 e. The number of benzene rings is 3. The summed E-state index contributed by atoms with van der Waals surface area (Å²) in [6.07, 6.45) is 1.76. The van der Waals surface area contributed by atoms with E-state index in [1.165, 1.54) is 11.1 Å². The van der Waals surface area contributed by atoms with Crippen LogP contribution < -0.4 is 9.47 Å². The van der Waals surface area contributed by atoms with Crippen molar-refractivity contribution < 1.29 is 9.47 Å². The molecular formula is C24H22Cl3NO2. The highest BCUT2D eigenvalue weighted by Crippen LogP contribution is 2.37. The summed E-state index contributed by atoms with van der Waals surface area (Å²) < 4.78 is 11.7. The second kappa shape index (κ2) is 10.2. The van der Waals surface area contributed by atoms with Gasteiger partial charge in [-0.25, -0.2) is 0 Å². The Morgan fingerprint density at radius 3 is 2.37 bits per heavy atom. The van der Waals surface area contributed by atoms with Gasteiger partial charge in [-0.05, 0) is 73.9 Å². The molecule has 0 bridgehead atoms. The fourth-order valence-corrected chi connectivity index (χ4v) is 3.55. The van der Waals surface area contributed by atoms with Gasteiger partial charge in [0.2, 0.25) is 0 Å². The third-order valence-corrected chi connectivity index (χ3v) is 5.44. The van der Waals surface area contributed by atoms with Gasteiger partial charge in [-0.3, -0.25) is 4.99 Å². The lowest BCUT2D eigenvalue weighted by atomic mass is 10.1. The van der Waals surface area contributed by atoms with Crippen molar-refractivity contribution in [2.45, 2.75) is 27.4 Å². The van der Waals surface area contributed by atoms with E-state index in [-0.39, 0.29) is 6.61 Å². The normalized spacial score (nSPS) is 11.1. The van der Waals surface area contributed by atoms with Crippen LogP contribution in [0.5, 0.6) is 11.5 Å². The van der Waals surface area contributed by atoms with Crippen molar-refractivity contribution in [1.29, 1.82) is 0 Å². The first-order valence-corrected chi connectivity index (χ1v) is 10.6. The monoisotopic (exact) mass is 461 g/mol. The molecule has 0 saturated carbocycles. The largest absolute Gasteiger partial charge is 0.490 e. The topological polar surface area (TPSA) is 30.8 Å². The molecule has 156 valence electrons. The summed E-state index contributed by atoms with van der Waals surface area (Å²) in [5.41, 5.74) is 4.93. The van der Waals surface area contributed by atoms with Crippen LogP contribution in [0.1, 0.15) is 29.2 Å². The minimum Gasteiger partial charge on any atom is -0.490 e. The van der Waals surface area contributed by atoms with Crippen LogP contribution in [-0.4, -0.2) is 12.8 Å². The Labute approximate surface area is 192 Å². The molecule has 0 amide bonds. The van der Waals surface area contributed by atoms with E-state index < -0.39 is 0 Å². The summed E-state index contributed by atoms with van der Waals surface area (Å²) in [4.78, 5) is 4.55. The Balaban J connectivity index is 1.84. The number of rotatable bonds is 7. The minimum atomic E-state index is 0.242. The molecule has 3 aromatic carbocycles. The standard InChI is InChI=1S/C24H22Cl3NO2/c1-4-29-23-11-17(13-28-20-8-5-15(2)16(3)9-20)10-22(27)24(23)30-14-18-6-7-19(25)12-21(18)26/h5-13H,4,14H2,1-3H3. The quantitative estimate of drug-likeness (QED) is 0.333. The summed E-state index contributed by atoms with van der Waals surface area (Å²) in [5.74, 6) is 1.02. The maximum atomic E-state index is 6.51. The van der Waals surface area contributed by atoms with Gasteiger partial charge in [0.1, 0.15) is 6.61 Å². The Morgan fingerprint density at radius 2 is 1.67 bits per heavy atom. The average molecular weight is 463 g/mol. The van der Waals surface area contributed by atoms with Crippen molar-refractivity contribution in [1.82, 2.24) is 0 Å². The van der Waals surface area contributed by atoms with Gasteiger partial charge in [0.25, 0.3) is 0 Å². The molecule has 0 aliphatic rings. The Hall–Kier alpha value is -2.20. The predicted octanol–water partition coefficient (Wildman–Crippen LogP) is 7.99. The zero-order valence-corrected chi connectivity index (χ0v) is 19.3. The summed E-state index contributed by atoms with van der Waals surface area (Å²) in [5, 5.41) is 1.55. The number of nitrogens with zero attached hydrogens (tertiary/aromatic N) is 1. The maximum Gasteiger partial charge on any atom is 0.180 e. The molecule has 0 aromatic heterocycles. The van der Waals surface area contributed by atoms with E-state index in [9.17, 15) is 0 Å². The Bertz CT molecular complexity index is 1080. The van der Waals surface area contributed by atoms with Crippen LogP contribution in [0.15, 0.2) is 53.5 Å². The summed E-state index contributed by atoms with van der Waals surface area (Å²) in [6.45, 7) is 6.77. The van der Waals surface area contributed by atoms with Gasteiger partial charge in [0.05, 0.1) is 17.3 Å². The van der Waals surface area contributed by atoms with Crippen LogP contribution in [0.4, 0.5) is 5.69 Å². The summed E-state index contributed by atoms with van der Waals surface area (Å²) >= 11 is 18.7. The van der Waals surface area contributed by atoms with Crippen molar-refractivity contribution in [2.24, 2.45) is 4.99 Å². The van der Waals surface area contributed by atoms with E-state index in [1.807, 2.05) is 31.2 Å². The first-order chi connectivity index (χ1) is 14.4. The van der Waals surface area contributed by atoms with Crippen molar-refractivity contribution in [3.8, 4) is 11.5 Å². The number of ether oxygens (including phenoxy) is 2. The molecule has 3 aromatic rings. The van der Waals surface area contributed by atoms with E-state index in [0.29, 0.717) is 33.2 Å². The molecule has 0 spiro atoms. The molecule has 6 heteroatoms. The van der Waals surface area contributed by atoms with E-state index in [1.54, 1.807) is 24.4 Å². The average Bonchev–Trinajstić information content (AvgIpc) is 2.70. The number of hydrogen-bond donors (Lipinski definition) is 0. The van der Waals surface area contributed by atoms with E-state index in [0.717, 1.165) is 16.8 Å². The first kappa shape index (κ1) is 22.5. The highest BCUT2D eigenvalue weighted by atomic mass is 35.5. The van der Waals surface area contributed by atoms with Crippen LogP contribution in [0, 0.1) is 13.8 Å². The second-order valence-electron chi connectivity index (χ2n) is 6.81. The molecule has 0 heterocycles. The molecule has 0 atom stereocenters. The number of aryl methyl sites for hydroxylation is 2. The van der Waals surface area contributed by atoms with Crippen molar-refractivity contribution >= 4 is 46.7 Å². The van der Waals surface area contributed by atoms with Gasteiger partial charge in [-0.2, -0.15) is 0 Å². The van der Waals surface area contributed by atoms with Crippen molar-refractivity contribution in [2.75, 3.05) is 6.61 Å². The number of hydrogen-bond acceptors (Lipinski definition) is 3. The van der Waals surface area contributed by atoms with Gasteiger partial charge in [-0.1, -0.05) is 46.9 Å². The molecule has 0 unspecified atom stereocenters. The highest BCUT2D eigenvalue weighted by molar-refractivity contribution is 6.35. The fourth-order valence-electron chi connectivity index (χ4n) is 2.81. The zero-order chi connectivity index (χ0) is 21.7. The second-order valence-corrected chi connectivity index (χ2v) is 8.07. The molecule has 3 rings (SSSR count). The number of aliphatic imine (C=N–C) groups is 1. The van der Waals surface area contributed by atoms with Crippen LogP contribution in [-0.2, 0) is 6.61 Å². The SMILES string of the molecule is CCOc1cc(C=Nc2ccc(C)c(C)c2)cc(Cl)c1OCc1ccc(Cl)cc1Cl. The zero-order valence-electron chi connectivity index (χ0n) is 17.0. The Morgan fingerprint density at radius 1 is 0.867 bits per heavy atom. The third kappa shape index (κ3) is 5.69. The molecule has 0 fully saturated rings. The molecule has 0 saturated heterocycles. The molecule has 0 N–H and O–H groups in total. The molecule has 0 aliphatic heterocycles. The lowest BCUT2D eigenvalue weighted by molar-refractivity contribution is 0.269. The molecule has 0 aliphatic carbocycles. The van der Waals surface area contributed by atoms with Gasteiger partial charge >= 0.3 is 0 Å². The molecule has 3 nitrogen and oxygen atoms in total. The molecular weight excluding hydrogens is 441 g/mol. The fraction of sp³-hybridized carbons (Fsp3) is 0.208.